The number of rotatable bonds is 2. The molecule has 5 nitrogen and oxygen atoms in total. The quantitative estimate of drug-likeness (QED) is 0.901. The summed E-state index contributed by atoms with van der Waals surface area (Å²) in [6, 6.07) is 0. The third-order valence-electron chi connectivity index (χ3n) is 3.56. The van der Waals surface area contributed by atoms with E-state index in [2.05, 4.69) is 33.6 Å². The lowest BCUT2D eigenvalue weighted by molar-refractivity contribution is 0.178. The summed E-state index contributed by atoms with van der Waals surface area (Å²) in [7, 11) is 0. The summed E-state index contributed by atoms with van der Waals surface area (Å²) in [5, 5.41) is 1.90. The van der Waals surface area contributed by atoms with Crippen LogP contribution in [-0.2, 0) is 6.54 Å². The molecule has 0 aromatic carbocycles. The van der Waals surface area contributed by atoms with E-state index < -0.39 is 0 Å². The summed E-state index contributed by atoms with van der Waals surface area (Å²) in [6.07, 6.45) is 1.89. The Morgan fingerprint density at radius 1 is 1.30 bits per heavy atom. The van der Waals surface area contributed by atoms with Crippen molar-refractivity contribution in [1.82, 2.24) is 14.8 Å². The molecule has 3 rings (SSSR count). The molecule has 110 valence electrons. The number of hydrogen-bond donors (Lipinski definition) is 1. The van der Waals surface area contributed by atoms with Crippen LogP contribution in [-0.4, -0.2) is 57.4 Å². The van der Waals surface area contributed by atoms with Gasteiger partial charge in [-0.2, -0.15) is 0 Å². The minimum atomic E-state index is 0.270. The first-order valence-electron chi connectivity index (χ1n) is 6.93. The van der Waals surface area contributed by atoms with Crippen molar-refractivity contribution in [3.63, 3.8) is 0 Å². The predicted molar refractivity (Wildman–Crippen MR) is 87.3 cm³/mol. The smallest absolute Gasteiger partial charge is 0.180 e. The Kier molecular flexibility index (Phi) is 3.92. The fraction of sp³-hybridized carbons (Fsp3) is 0.692. The van der Waals surface area contributed by atoms with Gasteiger partial charge >= 0.3 is 0 Å². The van der Waals surface area contributed by atoms with Crippen LogP contribution >= 0.6 is 23.1 Å². The molecule has 1 aromatic rings. The monoisotopic (exact) mass is 311 g/mol. The van der Waals surface area contributed by atoms with Crippen LogP contribution in [0.3, 0.4) is 0 Å². The van der Waals surface area contributed by atoms with Crippen LogP contribution in [0, 0.1) is 0 Å². The highest BCUT2D eigenvalue weighted by atomic mass is 32.2. The van der Waals surface area contributed by atoms with E-state index in [1.165, 1.54) is 10.0 Å². The van der Waals surface area contributed by atoms with Gasteiger partial charge in [0.15, 0.2) is 10.3 Å². The molecule has 1 saturated heterocycles. The molecule has 2 aliphatic rings. The second-order valence-corrected chi connectivity index (χ2v) is 8.71. The van der Waals surface area contributed by atoms with Crippen LogP contribution < -0.4 is 5.73 Å². The Balaban J connectivity index is 1.50. The van der Waals surface area contributed by atoms with Crippen molar-refractivity contribution in [2.75, 3.05) is 38.5 Å². The first-order chi connectivity index (χ1) is 9.52. The molecule has 0 atom stereocenters. The number of piperazine rings is 1. The van der Waals surface area contributed by atoms with E-state index in [1.54, 1.807) is 11.3 Å². The third kappa shape index (κ3) is 3.27. The highest BCUT2D eigenvalue weighted by molar-refractivity contribution is 8.15. The number of nitrogen functional groups attached to an aromatic ring is 1. The Labute approximate surface area is 128 Å². The molecule has 0 bridgehead atoms. The Morgan fingerprint density at radius 2 is 2.05 bits per heavy atom. The van der Waals surface area contributed by atoms with E-state index in [4.69, 9.17) is 5.73 Å². The molecule has 0 unspecified atom stereocenters. The summed E-state index contributed by atoms with van der Waals surface area (Å²) >= 11 is 3.51. The van der Waals surface area contributed by atoms with Gasteiger partial charge in [0, 0.05) is 48.5 Å². The summed E-state index contributed by atoms with van der Waals surface area (Å²) in [5.74, 6) is 0. The van der Waals surface area contributed by atoms with Gasteiger partial charge in [0.1, 0.15) is 0 Å². The number of nitrogens with two attached hydrogens (primary N) is 1. The SMILES string of the molecule is CC1(C)CN=C(N2CCN(Cc3cnc(N)s3)CC2)S1. The average molecular weight is 311 g/mol. The minimum absolute atomic E-state index is 0.270. The molecule has 0 amide bonds. The zero-order chi connectivity index (χ0) is 14.2. The molecule has 0 saturated carbocycles. The molecular formula is C13H21N5S2. The Bertz CT molecular complexity index is 503. The topological polar surface area (TPSA) is 57.8 Å². The van der Waals surface area contributed by atoms with Crippen molar-refractivity contribution in [3.05, 3.63) is 11.1 Å². The van der Waals surface area contributed by atoms with E-state index in [0.717, 1.165) is 39.3 Å². The Morgan fingerprint density at radius 3 is 2.60 bits per heavy atom. The highest BCUT2D eigenvalue weighted by Crippen LogP contribution is 2.33. The van der Waals surface area contributed by atoms with Crippen LogP contribution in [0.5, 0.6) is 0 Å². The number of nitrogens with zero attached hydrogens (tertiary/aromatic N) is 4. The second kappa shape index (κ2) is 5.54. The van der Waals surface area contributed by atoms with Crippen LogP contribution in [0.2, 0.25) is 0 Å². The summed E-state index contributed by atoms with van der Waals surface area (Å²) in [4.78, 5) is 14.9. The van der Waals surface area contributed by atoms with Gasteiger partial charge in [0.2, 0.25) is 0 Å². The molecule has 2 aliphatic heterocycles. The predicted octanol–water partition coefficient (Wildman–Crippen LogP) is 1.72. The van der Waals surface area contributed by atoms with Crippen LogP contribution in [0.4, 0.5) is 5.13 Å². The van der Waals surface area contributed by atoms with E-state index in [-0.39, 0.29) is 4.75 Å². The number of anilines is 1. The lowest BCUT2D eigenvalue weighted by Crippen LogP contribution is -2.47. The molecule has 0 spiro atoms. The van der Waals surface area contributed by atoms with E-state index in [0.29, 0.717) is 5.13 Å². The van der Waals surface area contributed by atoms with Gasteiger partial charge in [0.25, 0.3) is 0 Å². The maximum Gasteiger partial charge on any atom is 0.180 e. The zero-order valence-corrected chi connectivity index (χ0v) is 13.6. The molecular weight excluding hydrogens is 290 g/mol. The standard InChI is InChI=1S/C13H21N5S2/c1-13(2)9-16-12(20-13)18-5-3-17(4-6-18)8-10-7-15-11(14)19-10/h7H,3-6,8-9H2,1-2H3,(H2,14,15). The van der Waals surface area contributed by atoms with Gasteiger partial charge in [-0.15, -0.1) is 11.3 Å². The number of thioether (sulfide) groups is 1. The van der Waals surface area contributed by atoms with Crippen LogP contribution in [0.1, 0.15) is 18.7 Å². The molecule has 1 fully saturated rings. The van der Waals surface area contributed by atoms with Gasteiger partial charge in [-0.25, -0.2) is 4.98 Å². The second-order valence-electron chi connectivity index (χ2n) is 5.89. The molecule has 0 aliphatic carbocycles. The molecule has 7 heteroatoms. The van der Waals surface area contributed by atoms with Crippen molar-refractivity contribution < 1.29 is 0 Å². The number of aromatic nitrogens is 1. The van der Waals surface area contributed by atoms with Crippen molar-refractivity contribution in [3.8, 4) is 0 Å². The number of hydrogen-bond acceptors (Lipinski definition) is 7. The van der Waals surface area contributed by atoms with Gasteiger partial charge < -0.3 is 10.6 Å². The van der Waals surface area contributed by atoms with E-state index >= 15 is 0 Å². The minimum Gasteiger partial charge on any atom is -0.375 e. The van der Waals surface area contributed by atoms with E-state index in [9.17, 15) is 0 Å². The number of thiazole rings is 1. The van der Waals surface area contributed by atoms with Gasteiger partial charge in [-0.3, -0.25) is 9.89 Å². The van der Waals surface area contributed by atoms with Gasteiger partial charge in [0.05, 0.1) is 6.54 Å². The molecule has 2 N–H and O–H groups in total. The first-order valence-corrected chi connectivity index (χ1v) is 8.56. The maximum absolute atomic E-state index is 5.68. The highest BCUT2D eigenvalue weighted by Gasteiger charge is 2.31. The first kappa shape index (κ1) is 14.2. The van der Waals surface area contributed by atoms with Crippen molar-refractivity contribution in [2.24, 2.45) is 4.99 Å². The fourth-order valence-corrected chi connectivity index (χ4v) is 4.24. The molecule has 0 radical (unpaired) electrons. The number of amidine groups is 1. The van der Waals surface area contributed by atoms with Gasteiger partial charge in [-0.1, -0.05) is 11.8 Å². The van der Waals surface area contributed by atoms with Crippen LogP contribution in [0.25, 0.3) is 0 Å². The largest absolute Gasteiger partial charge is 0.375 e. The number of aliphatic imine (C=N–C) groups is 1. The lowest BCUT2D eigenvalue weighted by atomic mass is 10.2. The summed E-state index contributed by atoms with van der Waals surface area (Å²) < 4.78 is 0.270. The van der Waals surface area contributed by atoms with Gasteiger partial charge in [-0.05, 0) is 13.8 Å². The van der Waals surface area contributed by atoms with E-state index in [1.807, 2.05) is 18.0 Å². The summed E-state index contributed by atoms with van der Waals surface area (Å²) in [6.45, 7) is 10.7. The van der Waals surface area contributed by atoms with Crippen molar-refractivity contribution in [1.29, 1.82) is 0 Å². The average Bonchev–Trinajstić information content (AvgIpc) is 2.96. The van der Waals surface area contributed by atoms with Crippen molar-refractivity contribution in [2.45, 2.75) is 25.1 Å². The maximum atomic E-state index is 5.68. The summed E-state index contributed by atoms with van der Waals surface area (Å²) in [5.41, 5.74) is 5.68. The third-order valence-corrected chi connectivity index (χ3v) is 5.62. The Hall–Kier alpha value is -0.790. The van der Waals surface area contributed by atoms with Crippen molar-refractivity contribution >= 4 is 33.4 Å². The fourth-order valence-electron chi connectivity index (χ4n) is 2.45. The molecule has 1 aromatic heterocycles. The zero-order valence-electron chi connectivity index (χ0n) is 12.0. The lowest BCUT2D eigenvalue weighted by Gasteiger charge is -2.35. The normalized spacial score (nSPS) is 23.1. The molecule has 20 heavy (non-hydrogen) atoms. The molecule has 3 heterocycles. The van der Waals surface area contributed by atoms with Crippen LogP contribution in [0.15, 0.2) is 11.2 Å².